The molecule has 0 spiro atoms. The molecule has 0 bridgehead atoms. The maximum atomic E-state index is 12.7. The van der Waals surface area contributed by atoms with Crippen LogP contribution in [0.1, 0.15) is 25.0 Å². The molecule has 2 heterocycles. The number of nitrogens with one attached hydrogen (secondary N) is 2. The molecule has 0 aliphatic heterocycles. The normalized spacial score (nSPS) is 10.9. The lowest BCUT2D eigenvalue weighted by Gasteiger charge is -2.08. The minimum Gasteiger partial charge on any atom is -0.383 e. The van der Waals surface area contributed by atoms with Crippen LogP contribution in [0.4, 0.5) is 17.3 Å². The van der Waals surface area contributed by atoms with Gasteiger partial charge in [0.25, 0.3) is 5.89 Å². The second kappa shape index (κ2) is 9.56. The van der Waals surface area contributed by atoms with Crippen molar-refractivity contribution in [2.45, 2.75) is 33.7 Å². The third-order valence-electron chi connectivity index (χ3n) is 5.27. The van der Waals surface area contributed by atoms with E-state index in [1.165, 1.54) is 4.68 Å². The number of amides is 1. The molecule has 0 unspecified atom stereocenters. The Balaban J connectivity index is 1.61. The van der Waals surface area contributed by atoms with Crippen molar-refractivity contribution in [3.05, 3.63) is 59.7 Å². The van der Waals surface area contributed by atoms with Crippen LogP contribution in [0.3, 0.4) is 0 Å². The molecule has 2 aromatic heterocycles. The van der Waals surface area contributed by atoms with Gasteiger partial charge >= 0.3 is 0 Å². The van der Waals surface area contributed by atoms with E-state index in [1.807, 2.05) is 62.4 Å². The molecular weight excluding hydrogens is 418 g/mol. The second-order valence-corrected chi connectivity index (χ2v) is 7.64. The number of hydrogen-bond donors (Lipinski definition) is 3. The Labute approximate surface area is 192 Å². The molecular formula is C24H27N7O2. The highest BCUT2D eigenvalue weighted by Crippen LogP contribution is 2.34. The number of nitrogens with two attached hydrogens (primary N) is 1. The minimum atomic E-state index is -0.238. The van der Waals surface area contributed by atoms with Gasteiger partial charge in [-0.25, -0.2) is 4.68 Å². The van der Waals surface area contributed by atoms with Crippen LogP contribution < -0.4 is 16.4 Å². The zero-order chi connectivity index (χ0) is 23.4. The van der Waals surface area contributed by atoms with E-state index in [1.54, 1.807) is 0 Å². The van der Waals surface area contributed by atoms with Crippen LogP contribution in [0.15, 0.2) is 53.1 Å². The summed E-state index contributed by atoms with van der Waals surface area (Å²) < 4.78 is 6.97. The molecule has 33 heavy (non-hydrogen) atoms. The van der Waals surface area contributed by atoms with Crippen molar-refractivity contribution in [3.63, 3.8) is 0 Å². The fourth-order valence-corrected chi connectivity index (χ4v) is 3.56. The summed E-state index contributed by atoms with van der Waals surface area (Å²) in [7, 11) is 0. The fraction of sp³-hybridized carbons (Fsp3) is 0.250. The minimum absolute atomic E-state index is 0.0562. The van der Waals surface area contributed by atoms with Gasteiger partial charge in [0.15, 0.2) is 5.82 Å². The molecule has 2 aromatic carbocycles. The number of aryl methyl sites for hydroxylation is 2. The first-order valence-electron chi connectivity index (χ1n) is 10.9. The van der Waals surface area contributed by atoms with Crippen molar-refractivity contribution in [2.24, 2.45) is 0 Å². The summed E-state index contributed by atoms with van der Waals surface area (Å²) >= 11 is 0. The zero-order valence-electron chi connectivity index (χ0n) is 18.9. The molecule has 0 saturated carbocycles. The molecule has 9 nitrogen and oxygen atoms in total. The predicted molar refractivity (Wildman–Crippen MR) is 129 cm³/mol. The Morgan fingerprint density at radius 2 is 1.97 bits per heavy atom. The molecule has 0 saturated heterocycles. The van der Waals surface area contributed by atoms with E-state index in [0.717, 1.165) is 28.8 Å². The molecule has 1 amide bonds. The zero-order valence-corrected chi connectivity index (χ0v) is 18.9. The number of rotatable bonds is 8. The van der Waals surface area contributed by atoms with Crippen molar-refractivity contribution >= 4 is 23.2 Å². The Kier molecular flexibility index (Phi) is 6.39. The van der Waals surface area contributed by atoms with E-state index in [-0.39, 0.29) is 24.2 Å². The summed E-state index contributed by atoms with van der Waals surface area (Å²) in [5.41, 5.74) is 10.6. The lowest BCUT2D eigenvalue weighted by Crippen LogP contribution is -2.20. The summed E-state index contributed by atoms with van der Waals surface area (Å²) in [5, 5.41) is 14.7. The Bertz CT molecular complexity index is 1280. The molecule has 0 aliphatic rings. The maximum Gasteiger partial charge on any atom is 0.265 e. The molecule has 9 heteroatoms. The average molecular weight is 446 g/mol. The first-order valence-corrected chi connectivity index (χ1v) is 10.9. The van der Waals surface area contributed by atoms with Crippen LogP contribution in [0.25, 0.3) is 22.8 Å². The molecule has 0 fully saturated rings. The molecule has 4 N–H and O–H groups in total. The molecule has 170 valence electrons. The number of carbonyl (C=O) groups is 1. The second-order valence-electron chi connectivity index (χ2n) is 7.64. The molecule has 4 aromatic rings. The van der Waals surface area contributed by atoms with Gasteiger partial charge in [0.2, 0.25) is 11.7 Å². The van der Waals surface area contributed by atoms with Crippen LogP contribution in [-0.4, -0.2) is 32.4 Å². The lowest BCUT2D eigenvalue weighted by atomic mass is 10.1. The van der Waals surface area contributed by atoms with Crippen molar-refractivity contribution < 1.29 is 9.32 Å². The number of anilines is 3. The van der Waals surface area contributed by atoms with E-state index >= 15 is 0 Å². The fourth-order valence-electron chi connectivity index (χ4n) is 3.56. The van der Waals surface area contributed by atoms with Gasteiger partial charge in [-0.3, -0.25) is 4.79 Å². The Morgan fingerprint density at radius 3 is 2.73 bits per heavy atom. The Morgan fingerprint density at radius 1 is 1.15 bits per heavy atom. The summed E-state index contributed by atoms with van der Waals surface area (Å²) in [5.74, 6) is 1.22. The molecule has 0 radical (unpaired) electrons. The van der Waals surface area contributed by atoms with Gasteiger partial charge in [0.05, 0.1) is 0 Å². The van der Waals surface area contributed by atoms with E-state index in [0.29, 0.717) is 23.8 Å². The number of benzene rings is 2. The van der Waals surface area contributed by atoms with Gasteiger partial charge in [-0.2, -0.15) is 10.1 Å². The van der Waals surface area contributed by atoms with Gasteiger partial charge < -0.3 is 20.9 Å². The molecule has 0 atom stereocenters. The highest BCUT2D eigenvalue weighted by molar-refractivity contribution is 5.91. The number of aromatic nitrogens is 4. The SMILES string of the molecule is CCNc1nn(CC(=O)Nc2cccc(CC)c2)c(N)c1-c1nc(-c2ccccc2C)no1. The van der Waals surface area contributed by atoms with Crippen LogP contribution in [-0.2, 0) is 17.8 Å². The first-order chi connectivity index (χ1) is 16.0. The number of hydrogen-bond acceptors (Lipinski definition) is 7. The van der Waals surface area contributed by atoms with Crippen molar-refractivity contribution in [1.82, 2.24) is 19.9 Å². The van der Waals surface area contributed by atoms with E-state index < -0.39 is 0 Å². The number of carbonyl (C=O) groups excluding carboxylic acids is 1. The summed E-state index contributed by atoms with van der Waals surface area (Å²) in [6.45, 7) is 6.55. The van der Waals surface area contributed by atoms with Crippen molar-refractivity contribution in [1.29, 1.82) is 0 Å². The quantitative estimate of drug-likeness (QED) is 0.373. The lowest BCUT2D eigenvalue weighted by molar-refractivity contribution is -0.116. The average Bonchev–Trinajstić information content (AvgIpc) is 3.39. The summed E-state index contributed by atoms with van der Waals surface area (Å²) in [6, 6.07) is 15.5. The third kappa shape index (κ3) is 4.72. The smallest absolute Gasteiger partial charge is 0.265 e. The van der Waals surface area contributed by atoms with Crippen LogP contribution in [0.5, 0.6) is 0 Å². The largest absolute Gasteiger partial charge is 0.383 e. The van der Waals surface area contributed by atoms with E-state index in [4.69, 9.17) is 10.3 Å². The molecule has 0 aliphatic carbocycles. The van der Waals surface area contributed by atoms with Gasteiger partial charge in [-0.15, -0.1) is 0 Å². The van der Waals surface area contributed by atoms with E-state index in [2.05, 4.69) is 32.8 Å². The van der Waals surface area contributed by atoms with E-state index in [9.17, 15) is 4.79 Å². The van der Waals surface area contributed by atoms with Crippen LogP contribution in [0, 0.1) is 6.92 Å². The topological polar surface area (TPSA) is 124 Å². The van der Waals surface area contributed by atoms with Gasteiger partial charge in [0.1, 0.15) is 17.9 Å². The maximum absolute atomic E-state index is 12.7. The highest BCUT2D eigenvalue weighted by Gasteiger charge is 2.24. The standard InChI is InChI=1S/C24H27N7O2/c1-4-16-10-8-11-17(13-16)27-19(32)14-31-21(25)20(23(29-31)26-5-2)24-28-22(30-33-24)18-12-7-6-9-15(18)3/h6-13H,4-5,14,25H2,1-3H3,(H,26,29)(H,27,32). The third-order valence-corrected chi connectivity index (χ3v) is 5.27. The number of nitrogens with zero attached hydrogens (tertiary/aromatic N) is 4. The predicted octanol–water partition coefficient (Wildman–Crippen LogP) is 4.12. The Hall–Kier alpha value is -4.14. The van der Waals surface area contributed by atoms with Gasteiger partial charge in [0, 0.05) is 17.8 Å². The monoisotopic (exact) mass is 445 g/mol. The van der Waals surface area contributed by atoms with Crippen LogP contribution in [0.2, 0.25) is 0 Å². The van der Waals surface area contributed by atoms with Gasteiger partial charge in [-0.1, -0.05) is 48.5 Å². The molecule has 4 rings (SSSR count). The first kappa shape index (κ1) is 22.1. The van der Waals surface area contributed by atoms with Gasteiger partial charge in [-0.05, 0) is 43.5 Å². The highest BCUT2D eigenvalue weighted by atomic mass is 16.5. The number of nitrogen functional groups attached to an aromatic ring is 1. The van der Waals surface area contributed by atoms with Crippen molar-refractivity contribution in [2.75, 3.05) is 22.9 Å². The van der Waals surface area contributed by atoms with Crippen molar-refractivity contribution in [3.8, 4) is 22.8 Å². The van der Waals surface area contributed by atoms with Crippen LogP contribution >= 0.6 is 0 Å². The summed E-state index contributed by atoms with van der Waals surface area (Å²) in [6.07, 6.45) is 0.889. The summed E-state index contributed by atoms with van der Waals surface area (Å²) in [4.78, 5) is 17.2.